The molecule has 1 saturated heterocycles. The van der Waals surface area contributed by atoms with Gasteiger partial charge in [0.15, 0.2) is 0 Å². The fraction of sp³-hybridized carbons (Fsp3) is 0.733. The van der Waals surface area contributed by atoms with Crippen LogP contribution in [0.5, 0.6) is 0 Å². The molecule has 0 bridgehead atoms. The van der Waals surface area contributed by atoms with Crippen molar-refractivity contribution >= 4 is 5.95 Å². The molecule has 5 heteroatoms. The summed E-state index contributed by atoms with van der Waals surface area (Å²) in [4.78, 5) is 13.6. The molecule has 2 rings (SSSR count). The minimum absolute atomic E-state index is 0.636. The summed E-state index contributed by atoms with van der Waals surface area (Å²) in [7, 11) is 4.23. The maximum atomic E-state index is 4.56. The molecule has 0 aromatic carbocycles. The van der Waals surface area contributed by atoms with Crippen molar-refractivity contribution in [2.24, 2.45) is 0 Å². The first-order valence-electron chi connectivity index (χ1n) is 7.50. The molecule has 5 nitrogen and oxygen atoms in total. The Balaban J connectivity index is 1.81. The van der Waals surface area contributed by atoms with Crippen LogP contribution in [0.25, 0.3) is 0 Å². The van der Waals surface area contributed by atoms with E-state index in [1.165, 1.54) is 12.8 Å². The summed E-state index contributed by atoms with van der Waals surface area (Å²) in [5, 5.41) is 3.64. The number of rotatable bonds is 5. The van der Waals surface area contributed by atoms with Crippen molar-refractivity contribution in [2.75, 3.05) is 45.2 Å². The first kappa shape index (κ1) is 15.2. The van der Waals surface area contributed by atoms with E-state index in [0.29, 0.717) is 6.04 Å². The number of aromatic nitrogens is 2. The molecule has 1 aromatic rings. The number of likely N-dealkylation sites (N-methyl/N-ethyl adjacent to an activating group) is 1. The first-order chi connectivity index (χ1) is 9.54. The van der Waals surface area contributed by atoms with E-state index in [4.69, 9.17) is 0 Å². The summed E-state index contributed by atoms with van der Waals surface area (Å²) >= 11 is 0. The normalized spacial score (nSPS) is 16.9. The van der Waals surface area contributed by atoms with E-state index in [1.807, 2.05) is 19.9 Å². The van der Waals surface area contributed by atoms with Crippen LogP contribution in [0.4, 0.5) is 5.95 Å². The van der Waals surface area contributed by atoms with Crippen molar-refractivity contribution in [3.05, 3.63) is 17.5 Å². The highest BCUT2D eigenvalue weighted by atomic mass is 15.3. The molecule has 0 saturated carbocycles. The SMILES string of the molecule is Cc1cc(C)nc(N2CCC(NCCN(C)C)CC2)n1. The third kappa shape index (κ3) is 4.42. The summed E-state index contributed by atoms with van der Waals surface area (Å²) in [6.45, 7) is 8.32. The van der Waals surface area contributed by atoms with Gasteiger partial charge in [-0.3, -0.25) is 0 Å². The number of hydrogen-bond donors (Lipinski definition) is 1. The fourth-order valence-electron chi connectivity index (χ4n) is 2.62. The predicted molar refractivity (Wildman–Crippen MR) is 83.3 cm³/mol. The van der Waals surface area contributed by atoms with E-state index in [-0.39, 0.29) is 0 Å². The molecule has 0 unspecified atom stereocenters. The van der Waals surface area contributed by atoms with Gasteiger partial charge in [0.05, 0.1) is 0 Å². The Bertz CT molecular complexity index is 404. The lowest BCUT2D eigenvalue weighted by atomic mass is 10.1. The third-order valence-electron chi connectivity index (χ3n) is 3.74. The Morgan fingerprint density at radius 3 is 2.35 bits per heavy atom. The van der Waals surface area contributed by atoms with Gasteiger partial charge in [-0.05, 0) is 46.9 Å². The highest BCUT2D eigenvalue weighted by Gasteiger charge is 2.20. The molecule has 1 N–H and O–H groups in total. The average Bonchev–Trinajstić information content (AvgIpc) is 2.38. The summed E-state index contributed by atoms with van der Waals surface area (Å²) in [5.74, 6) is 0.897. The first-order valence-corrected chi connectivity index (χ1v) is 7.50. The topological polar surface area (TPSA) is 44.3 Å². The molecule has 0 radical (unpaired) electrons. The van der Waals surface area contributed by atoms with Gasteiger partial charge >= 0.3 is 0 Å². The van der Waals surface area contributed by atoms with E-state index in [9.17, 15) is 0 Å². The van der Waals surface area contributed by atoms with E-state index >= 15 is 0 Å². The number of aryl methyl sites for hydroxylation is 2. The van der Waals surface area contributed by atoms with E-state index in [0.717, 1.165) is 43.5 Å². The molecule has 1 aliphatic heterocycles. The standard InChI is InChI=1S/C15H27N5/c1-12-11-13(2)18-15(17-12)20-8-5-14(6-9-20)16-7-10-19(3)4/h11,14,16H,5-10H2,1-4H3. The zero-order chi connectivity index (χ0) is 14.5. The molecule has 0 spiro atoms. The zero-order valence-corrected chi connectivity index (χ0v) is 13.2. The second-order valence-electron chi connectivity index (χ2n) is 5.97. The highest BCUT2D eigenvalue weighted by molar-refractivity contribution is 5.32. The fourth-order valence-corrected chi connectivity index (χ4v) is 2.62. The maximum absolute atomic E-state index is 4.56. The molecule has 112 valence electrons. The van der Waals surface area contributed by atoms with Crippen LogP contribution < -0.4 is 10.2 Å². The summed E-state index contributed by atoms with van der Waals surface area (Å²) in [5.41, 5.74) is 2.11. The number of anilines is 1. The highest BCUT2D eigenvalue weighted by Crippen LogP contribution is 2.17. The largest absolute Gasteiger partial charge is 0.341 e. The quantitative estimate of drug-likeness (QED) is 0.876. The second-order valence-corrected chi connectivity index (χ2v) is 5.97. The maximum Gasteiger partial charge on any atom is 0.225 e. The average molecular weight is 277 g/mol. The van der Waals surface area contributed by atoms with Crippen LogP contribution in [0.15, 0.2) is 6.07 Å². The van der Waals surface area contributed by atoms with Gasteiger partial charge in [-0.25, -0.2) is 9.97 Å². The molecule has 20 heavy (non-hydrogen) atoms. The van der Waals surface area contributed by atoms with Crippen molar-refractivity contribution in [1.82, 2.24) is 20.2 Å². The third-order valence-corrected chi connectivity index (χ3v) is 3.74. The molecule has 0 amide bonds. The zero-order valence-electron chi connectivity index (χ0n) is 13.2. The number of nitrogens with one attached hydrogen (secondary N) is 1. The molecule has 0 aliphatic carbocycles. The van der Waals surface area contributed by atoms with Crippen molar-refractivity contribution in [2.45, 2.75) is 32.7 Å². The lowest BCUT2D eigenvalue weighted by Crippen LogP contribution is -2.44. The summed E-state index contributed by atoms with van der Waals surface area (Å²) in [6, 6.07) is 2.66. The second kappa shape index (κ2) is 6.99. The molecule has 0 atom stereocenters. The summed E-state index contributed by atoms with van der Waals surface area (Å²) < 4.78 is 0. The van der Waals surface area contributed by atoms with E-state index < -0.39 is 0 Å². The van der Waals surface area contributed by atoms with Gasteiger partial charge in [0, 0.05) is 43.6 Å². The van der Waals surface area contributed by atoms with Crippen LogP contribution in [-0.4, -0.2) is 61.2 Å². The Kier molecular flexibility index (Phi) is 5.31. The van der Waals surface area contributed by atoms with Crippen LogP contribution in [0.1, 0.15) is 24.2 Å². The minimum Gasteiger partial charge on any atom is -0.341 e. The van der Waals surface area contributed by atoms with Crippen molar-refractivity contribution < 1.29 is 0 Å². The van der Waals surface area contributed by atoms with E-state index in [1.54, 1.807) is 0 Å². The minimum atomic E-state index is 0.636. The Labute approximate surface area is 122 Å². The lowest BCUT2D eigenvalue weighted by molar-refractivity contribution is 0.358. The number of piperidine rings is 1. The van der Waals surface area contributed by atoms with Gasteiger partial charge in [0.2, 0.25) is 5.95 Å². The van der Waals surface area contributed by atoms with Crippen LogP contribution in [0.3, 0.4) is 0 Å². The molecule has 1 fully saturated rings. The Morgan fingerprint density at radius 2 is 1.80 bits per heavy atom. The predicted octanol–water partition coefficient (Wildman–Crippen LogP) is 1.21. The molecule has 1 aromatic heterocycles. The van der Waals surface area contributed by atoms with Gasteiger partial charge < -0.3 is 15.1 Å². The monoisotopic (exact) mass is 277 g/mol. The van der Waals surface area contributed by atoms with Gasteiger partial charge in [0.25, 0.3) is 0 Å². The van der Waals surface area contributed by atoms with Crippen LogP contribution in [-0.2, 0) is 0 Å². The van der Waals surface area contributed by atoms with Gasteiger partial charge in [-0.2, -0.15) is 0 Å². The van der Waals surface area contributed by atoms with Crippen molar-refractivity contribution in [3.8, 4) is 0 Å². The Hall–Kier alpha value is -1.20. The molecule has 2 heterocycles. The van der Waals surface area contributed by atoms with Crippen LogP contribution >= 0.6 is 0 Å². The number of nitrogens with zero attached hydrogens (tertiary/aromatic N) is 4. The lowest BCUT2D eigenvalue weighted by Gasteiger charge is -2.33. The van der Waals surface area contributed by atoms with Gasteiger partial charge in [-0.15, -0.1) is 0 Å². The molecule has 1 aliphatic rings. The Morgan fingerprint density at radius 1 is 1.20 bits per heavy atom. The van der Waals surface area contributed by atoms with Gasteiger partial charge in [-0.1, -0.05) is 0 Å². The van der Waals surface area contributed by atoms with Gasteiger partial charge in [0.1, 0.15) is 0 Å². The number of hydrogen-bond acceptors (Lipinski definition) is 5. The van der Waals surface area contributed by atoms with Crippen LogP contribution in [0.2, 0.25) is 0 Å². The van der Waals surface area contributed by atoms with Crippen molar-refractivity contribution in [3.63, 3.8) is 0 Å². The molecular formula is C15H27N5. The van der Waals surface area contributed by atoms with Crippen LogP contribution in [0, 0.1) is 13.8 Å². The molecular weight excluding hydrogens is 250 g/mol. The van der Waals surface area contributed by atoms with E-state index in [2.05, 4.69) is 39.2 Å². The van der Waals surface area contributed by atoms with Crippen molar-refractivity contribution in [1.29, 1.82) is 0 Å². The summed E-state index contributed by atoms with van der Waals surface area (Å²) in [6.07, 6.45) is 2.34. The smallest absolute Gasteiger partial charge is 0.225 e.